The summed E-state index contributed by atoms with van der Waals surface area (Å²) < 4.78 is 0. The van der Waals surface area contributed by atoms with E-state index in [1.54, 1.807) is 11.9 Å². The van der Waals surface area contributed by atoms with E-state index in [-0.39, 0.29) is 12.5 Å². The first-order chi connectivity index (χ1) is 9.62. The van der Waals surface area contributed by atoms with E-state index in [0.717, 1.165) is 24.1 Å². The Kier molecular flexibility index (Phi) is 5.91. The first-order valence-electron chi connectivity index (χ1n) is 6.86. The first-order valence-corrected chi connectivity index (χ1v) is 6.86. The first kappa shape index (κ1) is 15.9. The van der Waals surface area contributed by atoms with Crippen molar-refractivity contribution in [2.45, 2.75) is 33.6 Å². The zero-order chi connectivity index (χ0) is 15.1. The van der Waals surface area contributed by atoms with Crippen LogP contribution in [0.15, 0.2) is 0 Å². The van der Waals surface area contributed by atoms with Crippen LogP contribution in [-0.2, 0) is 17.6 Å². The molecular weight excluding hydrogens is 254 g/mol. The van der Waals surface area contributed by atoms with Crippen LogP contribution in [0.3, 0.4) is 0 Å². The number of anilines is 1. The minimum atomic E-state index is -0.116. The molecule has 0 aliphatic rings. The summed E-state index contributed by atoms with van der Waals surface area (Å²) in [6, 6.07) is 2.22. The number of aromatic nitrogens is 2. The zero-order valence-electron chi connectivity index (χ0n) is 12.5. The molecule has 20 heavy (non-hydrogen) atoms. The lowest BCUT2D eigenvalue weighted by molar-refractivity contribution is -0.119. The summed E-state index contributed by atoms with van der Waals surface area (Å²) in [4.78, 5) is 13.3. The van der Waals surface area contributed by atoms with Gasteiger partial charge in [0.1, 0.15) is 11.6 Å². The number of hydrogen-bond acceptors (Lipinski definition) is 5. The van der Waals surface area contributed by atoms with Gasteiger partial charge in [0.2, 0.25) is 5.91 Å². The Morgan fingerprint density at radius 3 is 2.45 bits per heavy atom. The molecule has 1 amide bonds. The maximum atomic E-state index is 11.5. The smallest absolute Gasteiger partial charge is 0.239 e. The van der Waals surface area contributed by atoms with E-state index in [0.29, 0.717) is 17.9 Å². The largest absolute Gasteiger partial charge is 0.358 e. The Labute approximate surface area is 119 Å². The van der Waals surface area contributed by atoms with Crippen LogP contribution >= 0.6 is 0 Å². The van der Waals surface area contributed by atoms with Crippen molar-refractivity contribution in [1.82, 2.24) is 15.5 Å². The predicted octanol–water partition coefficient (Wildman–Crippen LogP) is 1.05. The maximum absolute atomic E-state index is 11.5. The van der Waals surface area contributed by atoms with E-state index in [9.17, 15) is 10.1 Å². The molecule has 0 unspecified atom stereocenters. The van der Waals surface area contributed by atoms with Crippen molar-refractivity contribution in [3.63, 3.8) is 0 Å². The Balaban J connectivity index is 3.29. The second-order valence-corrected chi connectivity index (χ2v) is 4.33. The number of hydrogen-bond donors (Lipinski definition) is 1. The van der Waals surface area contributed by atoms with E-state index < -0.39 is 0 Å². The average molecular weight is 275 g/mol. The number of carbonyl (C=O) groups is 1. The summed E-state index contributed by atoms with van der Waals surface area (Å²) in [5, 5.41) is 20.4. The van der Waals surface area contributed by atoms with E-state index in [1.807, 2.05) is 20.8 Å². The molecule has 6 heteroatoms. The van der Waals surface area contributed by atoms with E-state index in [4.69, 9.17) is 0 Å². The maximum Gasteiger partial charge on any atom is 0.239 e. The number of nitrogens with zero attached hydrogens (tertiary/aromatic N) is 4. The highest BCUT2D eigenvalue weighted by atomic mass is 16.1. The molecule has 0 saturated carbocycles. The van der Waals surface area contributed by atoms with Crippen LogP contribution in [0.2, 0.25) is 0 Å². The van der Waals surface area contributed by atoms with E-state index >= 15 is 0 Å². The zero-order valence-corrected chi connectivity index (χ0v) is 12.5. The van der Waals surface area contributed by atoms with Crippen LogP contribution in [-0.4, -0.2) is 36.2 Å². The van der Waals surface area contributed by atoms with Gasteiger partial charge in [0.05, 0.1) is 12.2 Å². The third-order valence-corrected chi connectivity index (χ3v) is 3.23. The molecule has 6 nitrogen and oxygen atoms in total. The summed E-state index contributed by atoms with van der Waals surface area (Å²) >= 11 is 0. The highest BCUT2D eigenvalue weighted by molar-refractivity contribution is 5.81. The lowest BCUT2D eigenvalue weighted by Crippen LogP contribution is -2.36. The molecule has 0 atom stereocenters. The standard InChI is InChI=1S/C14H21N5O/c1-5-10-11(8-15)14(18-17-12(10)6-2)19(7-3)9-13(20)16-4/h5-7,9H2,1-4H3,(H,16,20). The van der Waals surface area contributed by atoms with Gasteiger partial charge >= 0.3 is 0 Å². The number of aryl methyl sites for hydroxylation is 1. The molecule has 0 fully saturated rings. The summed E-state index contributed by atoms with van der Waals surface area (Å²) in [5.41, 5.74) is 2.31. The third-order valence-electron chi connectivity index (χ3n) is 3.23. The fraction of sp³-hybridized carbons (Fsp3) is 0.571. The summed E-state index contributed by atoms with van der Waals surface area (Å²) in [6.07, 6.45) is 1.47. The third kappa shape index (κ3) is 3.23. The summed E-state index contributed by atoms with van der Waals surface area (Å²) in [7, 11) is 1.59. The number of carbonyl (C=O) groups excluding carboxylic acids is 1. The molecule has 1 aromatic heterocycles. The van der Waals surface area contributed by atoms with Gasteiger partial charge in [-0.05, 0) is 25.3 Å². The van der Waals surface area contributed by atoms with Gasteiger partial charge in [0, 0.05) is 13.6 Å². The lowest BCUT2D eigenvalue weighted by Gasteiger charge is -2.22. The van der Waals surface area contributed by atoms with Crippen molar-refractivity contribution in [2.75, 3.05) is 25.0 Å². The van der Waals surface area contributed by atoms with Crippen LogP contribution in [0.1, 0.15) is 37.6 Å². The summed E-state index contributed by atoms with van der Waals surface area (Å²) in [6.45, 7) is 6.67. The second-order valence-electron chi connectivity index (χ2n) is 4.33. The van der Waals surface area contributed by atoms with Crippen molar-refractivity contribution < 1.29 is 4.79 Å². The minimum absolute atomic E-state index is 0.116. The van der Waals surface area contributed by atoms with Crippen LogP contribution in [0, 0.1) is 11.3 Å². The number of likely N-dealkylation sites (N-methyl/N-ethyl adjacent to an activating group) is 2. The molecule has 0 radical (unpaired) electrons. The van der Waals surface area contributed by atoms with Crippen molar-refractivity contribution in [2.24, 2.45) is 0 Å². The quantitative estimate of drug-likeness (QED) is 0.839. The van der Waals surface area contributed by atoms with Gasteiger partial charge in [0.25, 0.3) is 0 Å². The van der Waals surface area contributed by atoms with E-state index in [1.165, 1.54) is 0 Å². The topological polar surface area (TPSA) is 81.9 Å². The predicted molar refractivity (Wildman–Crippen MR) is 77.5 cm³/mol. The molecule has 0 aliphatic carbocycles. The van der Waals surface area contributed by atoms with Crippen LogP contribution < -0.4 is 10.2 Å². The van der Waals surface area contributed by atoms with Crippen molar-refractivity contribution in [1.29, 1.82) is 5.26 Å². The molecule has 0 aliphatic heterocycles. The molecule has 1 heterocycles. The minimum Gasteiger partial charge on any atom is -0.358 e. The molecule has 1 aromatic rings. The lowest BCUT2D eigenvalue weighted by atomic mass is 10.0. The van der Waals surface area contributed by atoms with Gasteiger partial charge in [-0.2, -0.15) is 10.4 Å². The van der Waals surface area contributed by atoms with Crippen LogP contribution in [0.25, 0.3) is 0 Å². The Morgan fingerprint density at radius 1 is 1.30 bits per heavy atom. The molecular formula is C14H21N5O. The number of nitriles is 1. The van der Waals surface area contributed by atoms with Crippen molar-refractivity contribution >= 4 is 11.7 Å². The fourth-order valence-corrected chi connectivity index (χ4v) is 2.09. The monoisotopic (exact) mass is 275 g/mol. The van der Waals surface area contributed by atoms with Crippen LogP contribution in [0.5, 0.6) is 0 Å². The number of rotatable bonds is 6. The van der Waals surface area contributed by atoms with Gasteiger partial charge in [0.15, 0.2) is 5.82 Å². The molecule has 1 rings (SSSR count). The molecule has 0 spiro atoms. The second kappa shape index (κ2) is 7.43. The SMILES string of the molecule is CCc1nnc(N(CC)CC(=O)NC)c(C#N)c1CC. The molecule has 0 aromatic carbocycles. The Hall–Kier alpha value is -2.16. The van der Waals surface area contributed by atoms with Gasteiger partial charge < -0.3 is 10.2 Å². The number of nitrogens with one attached hydrogen (secondary N) is 1. The molecule has 108 valence electrons. The normalized spacial score (nSPS) is 9.95. The highest BCUT2D eigenvalue weighted by Gasteiger charge is 2.19. The van der Waals surface area contributed by atoms with Gasteiger partial charge in [-0.1, -0.05) is 13.8 Å². The van der Waals surface area contributed by atoms with E-state index in [2.05, 4.69) is 21.6 Å². The fourth-order valence-electron chi connectivity index (χ4n) is 2.09. The molecule has 0 saturated heterocycles. The van der Waals surface area contributed by atoms with Gasteiger partial charge in [-0.3, -0.25) is 4.79 Å². The summed E-state index contributed by atoms with van der Waals surface area (Å²) in [5.74, 6) is 0.378. The van der Waals surface area contributed by atoms with Crippen LogP contribution in [0.4, 0.5) is 5.82 Å². The number of amides is 1. The van der Waals surface area contributed by atoms with Gasteiger partial charge in [-0.25, -0.2) is 0 Å². The molecule has 0 bridgehead atoms. The Morgan fingerprint density at radius 2 is 2.00 bits per heavy atom. The molecule has 1 N–H and O–H groups in total. The van der Waals surface area contributed by atoms with Gasteiger partial charge in [-0.15, -0.1) is 5.10 Å². The Bertz CT molecular complexity index is 521. The van der Waals surface area contributed by atoms with Crippen molar-refractivity contribution in [3.8, 4) is 6.07 Å². The highest BCUT2D eigenvalue weighted by Crippen LogP contribution is 2.22. The van der Waals surface area contributed by atoms with Crippen molar-refractivity contribution in [3.05, 3.63) is 16.8 Å². The average Bonchev–Trinajstić information content (AvgIpc) is 2.50.